The number of nitrogens with one attached hydrogen (secondary N) is 1. The van der Waals surface area contributed by atoms with E-state index in [0.717, 1.165) is 36.5 Å². The molecule has 3 rings (SSSR count). The van der Waals surface area contributed by atoms with Gasteiger partial charge in [0, 0.05) is 31.6 Å². The first-order valence-corrected chi connectivity index (χ1v) is 10.6. The Kier molecular flexibility index (Phi) is 6.94. The van der Waals surface area contributed by atoms with E-state index in [9.17, 15) is 18.0 Å². The summed E-state index contributed by atoms with van der Waals surface area (Å²) in [7, 11) is 0. The maximum atomic E-state index is 12.8. The predicted molar refractivity (Wildman–Crippen MR) is 106 cm³/mol. The quantitative estimate of drug-likeness (QED) is 0.688. The third kappa shape index (κ3) is 5.57. The number of nitrogens with zero attached hydrogens (tertiary/aromatic N) is 4. The van der Waals surface area contributed by atoms with Crippen molar-refractivity contribution in [2.45, 2.75) is 45.2 Å². The van der Waals surface area contributed by atoms with Crippen molar-refractivity contribution in [3.8, 4) is 0 Å². The Hall–Kier alpha value is -1.94. The standard InChI is InChI=1S/C18H21ClF3N5OS/c1-2-3-4-14-25-26-17(29-14)24-16(28)11-5-7-27(8-6-11)15-13(19)9-12(10-23-15)18(20,21)22/h9-11H,2-8H2,1H3,(H,24,26,28). The van der Waals surface area contributed by atoms with Crippen LogP contribution in [-0.4, -0.2) is 34.2 Å². The van der Waals surface area contributed by atoms with Crippen LogP contribution in [0.2, 0.25) is 5.02 Å². The molecule has 11 heteroatoms. The lowest BCUT2D eigenvalue weighted by Gasteiger charge is -2.32. The van der Waals surface area contributed by atoms with Gasteiger partial charge in [0.1, 0.15) is 10.8 Å². The molecule has 6 nitrogen and oxygen atoms in total. The number of unbranched alkanes of at least 4 members (excludes halogenated alkanes) is 1. The number of aryl methyl sites for hydroxylation is 1. The van der Waals surface area contributed by atoms with Gasteiger partial charge >= 0.3 is 6.18 Å². The minimum absolute atomic E-state index is 0.0452. The van der Waals surface area contributed by atoms with Crippen LogP contribution in [0.4, 0.5) is 24.1 Å². The Labute approximate surface area is 175 Å². The molecule has 0 atom stereocenters. The Bertz CT molecular complexity index is 852. The van der Waals surface area contributed by atoms with Crippen LogP contribution in [0.3, 0.4) is 0 Å². The number of piperidine rings is 1. The fourth-order valence-electron chi connectivity index (χ4n) is 3.11. The zero-order valence-electron chi connectivity index (χ0n) is 15.8. The second-order valence-electron chi connectivity index (χ2n) is 6.88. The molecule has 2 aromatic heterocycles. The van der Waals surface area contributed by atoms with Gasteiger partial charge in [0.05, 0.1) is 10.6 Å². The van der Waals surface area contributed by atoms with E-state index in [1.54, 1.807) is 4.90 Å². The summed E-state index contributed by atoms with van der Waals surface area (Å²) in [6.07, 6.45) is 0.341. The van der Waals surface area contributed by atoms with Crippen molar-refractivity contribution >= 4 is 39.8 Å². The molecule has 1 aliphatic rings. The number of amides is 1. The van der Waals surface area contributed by atoms with Gasteiger partial charge in [-0.1, -0.05) is 36.3 Å². The van der Waals surface area contributed by atoms with Crippen molar-refractivity contribution in [2.75, 3.05) is 23.3 Å². The Balaban J connectivity index is 1.55. The first-order chi connectivity index (χ1) is 13.8. The zero-order chi connectivity index (χ0) is 21.0. The molecule has 0 aromatic carbocycles. The molecule has 0 spiro atoms. The molecular formula is C18H21ClF3N5OS. The number of aromatic nitrogens is 3. The van der Waals surface area contributed by atoms with Gasteiger partial charge in [-0.2, -0.15) is 13.2 Å². The predicted octanol–water partition coefficient (Wildman–Crippen LogP) is 4.80. The van der Waals surface area contributed by atoms with E-state index in [1.165, 1.54) is 11.3 Å². The number of carbonyl (C=O) groups is 1. The molecule has 1 N–H and O–H groups in total. The number of halogens is 4. The van der Waals surface area contributed by atoms with Gasteiger partial charge in [-0.25, -0.2) is 4.98 Å². The molecule has 1 saturated heterocycles. The molecule has 1 fully saturated rings. The minimum Gasteiger partial charge on any atom is -0.355 e. The van der Waals surface area contributed by atoms with E-state index in [1.807, 2.05) is 0 Å². The monoisotopic (exact) mass is 447 g/mol. The summed E-state index contributed by atoms with van der Waals surface area (Å²) in [6, 6.07) is 0.883. The number of hydrogen-bond donors (Lipinski definition) is 1. The fourth-order valence-corrected chi connectivity index (χ4v) is 4.18. The smallest absolute Gasteiger partial charge is 0.355 e. The van der Waals surface area contributed by atoms with Crippen LogP contribution in [0.1, 0.15) is 43.2 Å². The zero-order valence-corrected chi connectivity index (χ0v) is 17.4. The number of alkyl halides is 3. The highest BCUT2D eigenvalue weighted by atomic mass is 35.5. The van der Waals surface area contributed by atoms with Crippen molar-refractivity contribution in [1.82, 2.24) is 15.2 Å². The molecule has 0 aliphatic carbocycles. The number of anilines is 2. The molecule has 158 valence electrons. The van der Waals surface area contributed by atoms with Crippen LogP contribution in [0.15, 0.2) is 12.3 Å². The molecular weight excluding hydrogens is 427 g/mol. The van der Waals surface area contributed by atoms with Gasteiger partial charge in [0.15, 0.2) is 0 Å². The molecule has 0 bridgehead atoms. The second kappa shape index (κ2) is 9.25. The van der Waals surface area contributed by atoms with Gasteiger partial charge < -0.3 is 10.2 Å². The highest BCUT2D eigenvalue weighted by Crippen LogP contribution is 2.34. The lowest BCUT2D eigenvalue weighted by atomic mass is 9.96. The first-order valence-electron chi connectivity index (χ1n) is 9.39. The highest BCUT2D eigenvalue weighted by molar-refractivity contribution is 7.15. The van der Waals surface area contributed by atoms with Crippen molar-refractivity contribution in [3.05, 3.63) is 27.9 Å². The third-order valence-corrected chi connectivity index (χ3v) is 5.93. The molecule has 29 heavy (non-hydrogen) atoms. The molecule has 0 saturated carbocycles. The van der Waals surface area contributed by atoms with Crippen LogP contribution >= 0.6 is 22.9 Å². The third-order valence-electron chi connectivity index (χ3n) is 4.76. The fraction of sp³-hybridized carbons (Fsp3) is 0.556. The van der Waals surface area contributed by atoms with E-state index >= 15 is 0 Å². The van der Waals surface area contributed by atoms with Crippen molar-refractivity contribution < 1.29 is 18.0 Å². The largest absolute Gasteiger partial charge is 0.417 e. The molecule has 3 heterocycles. The van der Waals surface area contributed by atoms with E-state index in [2.05, 4.69) is 27.4 Å². The van der Waals surface area contributed by atoms with Crippen LogP contribution < -0.4 is 10.2 Å². The maximum Gasteiger partial charge on any atom is 0.417 e. The Morgan fingerprint density at radius 2 is 2.07 bits per heavy atom. The summed E-state index contributed by atoms with van der Waals surface area (Å²) >= 11 is 7.40. The topological polar surface area (TPSA) is 71.0 Å². The Morgan fingerprint density at radius 3 is 2.69 bits per heavy atom. The van der Waals surface area contributed by atoms with Crippen LogP contribution in [0.25, 0.3) is 0 Å². The first kappa shape index (κ1) is 21.8. The summed E-state index contributed by atoms with van der Waals surface area (Å²) in [4.78, 5) is 18.2. The van der Waals surface area contributed by atoms with Crippen molar-refractivity contribution in [1.29, 1.82) is 0 Å². The summed E-state index contributed by atoms with van der Waals surface area (Å²) in [5.41, 5.74) is -0.879. The van der Waals surface area contributed by atoms with Gasteiger partial charge in [0.2, 0.25) is 11.0 Å². The van der Waals surface area contributed by atoms with E-state index in [0.29, 0.717) is 36.9 Å². The van der Waals surface area contributed by atoms with E-state index < -0.39 is 11.7 Å². The lowest BCUT2D eigenvalue weighted by molar-refractivity contribution is -0.137. The Morgan fingerprint density at radius 1 is 1.34 bits per heavy atom. The minimum atomic E-state index is -4.48. The van der Waals surface area contributed by atoms with E-state index in [-0.39, 0.29) is 16.8 Å². The van der Waals surface area contributed by atoms with Crippen molar-refractivity contribution in [2.24, 2.45) is 5.92 Å². The summed E-state index contributed by atoms with van der Waals surface area (Å²) < 4.78 is 38.3. The number of carbonyl (C=O) groups excluding carboxylic acids is 1. The molecule has 1 aliphatic heterocycles. The maximum absolute atomic E-state index is 12.8. The second-order valence-corrected chi connectivity index (χ2v) is 8.35. The molecule has 1 amide bonds. The van der Waals surface area contributed by atoms with E-state index in [4.69, 9.17) is 11.6 Å². The average molecular weight is 448 g/mol. The number of rotatable bonds is 6. The molecule has 0 radical (unpaired) electrons. The van der Waals surface area contributed by atoms with Crippen LogP contribution in [0.5, 0.6) is 0 Å². The van der Waals surface area contributed by atoms with Gasteiger partial charge in [0.25, 0.3) is 0 Å². The van der Waals surface area contributed by atoms with Crippen molar-refractivity contribution in [3.63, 3.8) is 0 Å². The molecule has 2 aromatic rings. The van der Waals surface area contributed by atoms with Gasteiger partial charge in [-0.3, -0.25) is 4.79 Å². The van der Waals surface area contributed by atoms with Gasteiger partial charge in [-0.15, -0.1) is 10.2 Å². The highest BCUT2D eigenvalue weighted by Gasteiger charge is 2.33. The number of pyridine rings is 1. The molecule has 0 unspecified atom stereocenters. The normalized spacial score (nSPS) is 15.6. The summed E-state index contributed by atoms with van der Waals surface area (Å²) in [5.74, 6) is -0.0139. The average Bonchev–Trinajstić information content (AvgIpc) is 3.13. The summed E-state index contributed by atoms with van der Waals surface area (Å²) in [6.45, 7) is 3.06. The van der Waals surface area contributed by atoms with Crippen LogP contribution in [-0.2, 0) is 17.4 Å². The SMILES string of the molecule is CCCCc1nnc(NC(=O)C2CCN(c3ncc(C(F)(F)F)cc3Cl)CC2)s1. The lowest BCUT2D eigenvalue weighted by Crippen LogP contribution is -2.38. The van der Waals surface area contributed by atoms with Gasteiger partial charge in [-0.05, 0) is 25.3 Å². The number of hydrogen-bond acceptors (Lipinski definition) is 6. The summed E-state index contributed by atoms with van der Waals surface area (Å²) in [5, 5.41) is 12.3. The van der Waals surface area contributed by atoms with Crippen LogP contribution in [0, 0.1) is 5.92 Å².